The van der Waals surface area contributed by atoms with Crippen LogP contribution < -0.4 is 14.8 Å². The molecule has 0 bridgehead atoms. The Morgan fingerprint density at radius 1 is 1.29 bits per heavy atom. The molecule has 116 valence electrons. The number of ether oxygens (including phenoxy) is 3. The monoisotopic (exact) mass is 309 g/mol. The van der Waals surface area contributed by atoms with E-state index in [9.17, 15) is 0 Å². The average molecular weight is 309 g/mol. The van der Waals surface area contributed by atoms with Gasteiger partial charge in [0.2, 0.25) is 0 Å². The topological polar surface area (TPSA) is 39.7 Å². The molecule has 3 rings (SSSR count). The molecule has 21 heavy (non-hydrogen) atoms. The van der Waals surface area contributed by atoms with Gasteiger partial charge in [-0.15, -0.1) is 0 Å². The zero-order valence-corrected chi connectivity index (χ0v) is 13.3. The molecule has 1 atom stereocenters. The van der Waals surface area contributed by atoms with Crippen LogP contribution in [0.4, 0.5) is 0 Å². The lowest BCUT2D eigenvalue weighted by molar-refractivity contribution is 0.0245. The second-order valence-electron chi connectivity index (χ2n) is 5.37. The highest BCUT2D eigenvalue weighted by molar-refractivity contribution is 7.99. The van der Waals surface area contributed by atoms with E-state index in [0.717, 1.165) is 49.6 Å². The summed E-state index contributed by atoms with van der Waals surface area (Å²) >= 11 is 2.01. The summed E-state index contributed by atoms with van der Waals surface area (Å²) in [6.45, 7) is 2.47. The summed E-state index contributed by atoms with van der Waals surface area (Å²) in [6.07, 6.45) is 2.54. The lowest BCUT2D eigenvalue weighted by Crippen LogP contribution is -2.34. The summed E-state index contributed by atoms with van der Waals surface area (Å²) in [6, 6.07) is 6.06. The fourth-order valence-corrected chi connectivity index (χ4v) is 3.86. The number of morpholine rings is 1. The van der Waals surface area contributed by atoms with Gasteiger partial charge < -0.3 is 19.5 Å². The number of nitrogens with one attached hydrogen (secondary N) is 1. The number of rotatable bonds is 4. The van der Waals surface area contributed by atoms with Crippen molar-refractivity contribution in [1.82, 2.24) is 5.32 Å². The largest absolute Gasteiger partial charge is 0.493 e. The van der Waals surface area contributed by atoms with Gasteiger partial charge in [0, 0.05) is 18.7 Å². The number of methoxy groups -OCH3 is 1. The van der Waals surface area contributed by atoms with Gasteiger partial charge >= 0.3 is 0 Å². The highest BCUT2D eigenvalue weighted by atomic mass is 32.2. The van der Waals surface area contributed by atoms with E-state index in [1.54, 1.807) is 7.11 Å². The van der Waals surface area contributed by atoms with Crippen molar-refractivity contribution < 1.29 is 14.2 Å². The minimum atomic E-state index is 0.0433. The Hall–Kier alpha value is -0.910. The summed E-state index contributed by atoms with van der Waals surface area (Å²) < 4.78 is 17.7. The van der Waals surface area contributed by atoms with Crippen LogP contribution in [0.15, 0.2) is 18.2 Å². The second-order valence-corrected chi connectivity index (χ2v) is 6.60. The molecular formula is C16H23NO3S. The minimum absolute atomic E-state index is 0.0433. The van der Waals surface area contributed by atoms with E-state index >= 15 is 0 Å². The molecule has 0 saturated carbocycles. The van der Waals surface area contributed by atoms with Crippen LogP contribution in [0.25, 0.3) is 0 Å². The van der Waals surface area contributed by atoms with Gasteiger partial charge in [-0.1, -0.05) is 12.1 Å². The third-order valence-electron chi connectivity index (χ3n) is 3.96. The van der Waals surface area contributed by atoms with Crippen molar-refractivity contribution in [2.24, 2.45) is 0 Å². The van der Waals surface area contributed by atoms with Crippen LogP contribution in [0.1, 0.15) is 24.5 Å². The van der Waals surface area contributed by atoms with Gasteiger partial charge in [-0.3, -0.25) is 0 Å². The van der Waals surface area contributed by atoms with E-state index in [2.05, 4.69) is 11.4 Å². The van der Waals surface area contributed by atoms with Gasteiger partial charge in [-0.05, 0) is 30.4 Å². The number of hydrogen-bond donors (Lipinski definition) is 1. The molecule has 2 aliphatic heterocycles. The van der Waals surface area contributed by atoms with Gasteiger partial charge in [0.25, 0.3) is 0 Å². The molecule has 0 aliphatic carbocycles. The Labute approximate surface area is 130 Å². The Bertz CT molecular complexity index is 457. The lowest BCUT2D eigenvalue weighted by Gasteiger charge is -2.29. The molecule has 1 aromatic carbocycles. The molecule has 0 spiro atoms. The van der Waals surface area contributed by atoms with Crippen molar-refractivity contribution in [1.29, 1.82) is 0 Å². The van der Waals surface area contributed by atoms with Crippen molar-refractivity contribution in [2.75, 3.05) is 38.3 Å². The first kappa shape index (κ1) is 15.0. The van der Waals surface area contributed by atoms with Crippen LogP contribution in [-0.2, 0) is 4.74 Å². The first-order valence-corrected chi connectivity index (χ1v) is 8.77. The number of thioether (sulfide) groups is 1. The average Bonchev–Trinajstić information content (AvgIpc) is 2.57. The normalized spacial score (nSPS) is 23.8. The van der Waals surface area contributed by atoms with Crippen molar-refractivity contribution >= 4 is 11.8 Å². The standard InChI is InChI=1S/C16H23NO3S/c1-18-14-4-2-3-13(15-11-17-7-8-19-15)16(14)20-12-5-9-21-10-6-12/h2-4,12,15,17H,5-11H2,1H3. The number of para-hydroxylation sites is 1. The third kappa shape index (κ3) is 3.65. The van der Waals surface area contributed by atoms with Crippen LogP contribution in [-0.4, -0.2) is 44.4 Å². The molecule has 0 amide bonds. The van der Waals surface area contributed by atoms with E-state index in [4.69, 9.17) is 14.2 Å². The smallest absolute Gasteiger partial charge is 0.167 e. The van der Waals surface area contributed by atoms with Crippen LogP contribution in [0.5, 0.6) is 11.5 Å². The van der Waals surface area contributed by atoms with Gasteiger partial charge in [0.15, 0.2) is 11.5 Å². The van der Waals surface area contributed by atoms with Gasteiger partial charge in [0.05, 0.1) is 19.8 Å². The number of benzene rings is 1. The van der Waals surface area contributed by atoms with Gasteiger partial charge in [0.1, 0.15) is 6.10 Å². The molecule has 0 aromatic heterocycles. The Morgan fingerprint density at radius 2 is 2.14 bits per heavy atom. The lowest BCUT2D eigenvalue weighted by atomic mass is 10.1. The molecule has 2 saturated heterocycles. The van der Waals surface area contributed by atoms with Crippen molar-refractivity contribution in [3.63, 3.8) is 0 Å². The highest BCUT2D eigenvalue weighted by Gasteiger charge is 2.25. The zero-order valence-electron chi connectivity index (χ0n) is 12.5. The van der Waals surface area contributed by atoms with Crippen LogP contribution >= 0.6 is 11.8 Å². The summed E-state index contributed by atoms with van der Waals surface area (Å²) in [5.74, 6) is 4.03. The molecule has 2 fully saturated rings. The molecule has 2 aliphatic rings. The Morgan fingerprint density at radius 3 is 2.86 bits per heavy atom. The van der Waals surface area contributed by atoms with E-state index in [1.807, 2.05) is 23.9 Å². The summed E-state index contributed by atoms with van der Waals surface area (Å²) in [4.78, 5) is 0. The van der Waals surface area contributed by atoms with Crippen molar-refractivity contribution in [3.05, 3.63) is 23.8 Å². The third-order valence-corrected chi connectivity index (χ3v) is 5.01. The van der Waals surface area contributed by atoms with Crippen molar-refractivity contribution in [2.45, 2.75) is 25.0 Å². The van der Waals surface area contributed by atoms with Gasteiger partial charge in [-0.25, -0.2) is 0 Å². The zero-order chi connectivity index (χ0) is 14.5. The fraction of sp³-hybridized carbons (Fsp3) is 0.625. The van der Waals surface area contributed by atoms with Gasteiger partial charge in [-0.2, -0.15) is 11.8 Å². The maximum absolute atomic E-state index is 6.32. The van der Waals surface area contributed by atoms with Crippen LogP contribution in [0, 0.1) is 0 Å². The van der Waals surface area contributed by atoms with Crippen molar-refractivity contribution in [3.8, 4) is 11.5 Å². The summed E-state index contributed by atoms with van der Waals surface area (Å²) in [5, 5.41) is 3.38. The summed E-state index contributed by atoms with van der Waals surface area (Å²) in [5.41, 5.74) is 1.10. The maximum Gasteiger partial charge on any atom is 0.167 e. The minimum Gasteiger partial charge on any atom is -0.493 e. The van der Waals surface area contributed by atoms with Crippen LogP contribution in [0.2, 0.25) is 0 Å². The van der Waals surface area contributed by atoms with E-state index in [1.165, 1.54) is 11.5 Å². The predicted octanol–water partition coefficient (Wildman–Crippen LogP) is 2.63. The van der Waals surface area contributed by atoms with E-state index in [0.29, 0.717) is 0 Å². The quantitative estimate of drug-likeness (QED) is 0.926. The number of hydrogen-bond acceptors (Lipinski definition) is 5. The SMILES string of the molecule is COc1cccc(C2CNCCO2)c1OC1CCSCC1. The molecule has 2 heterocycles. The van der Waals surface area contributed by atoms with Crippen LogP contribution in [0.3, 0.4) is 0 Å². The molecule has 5 heteroatoms. The fourth-order valence-electron chi connectivity index (χ4n) is 2.80. The molecule has 1 N–H and O–H groups in total. The Balaban J connectivity index is 1.83. The molecular weight excluding hydrogens is 286 g/mol. The highest BCUT2D eigenvalue weighted by Crippen LogP contribution is 2.38. The first-order valence-electron chi connectivity index (χ1n) is 7.62. The molecule has 0 radical (unpaired) electrons. The predicted molar refractivity (Wildman–Crippen MR) is 85.5 cm³/mol. The van der Waals surface area contributed by atoms with E-state index in [-0.39, 0.29) is 12.2 Å². The second kappa shape index (κ2) is 7.38. The van der Waals surface area contributed by atoms with E-state index < -0.39 is 0 Å². The molecule has 4 nitrogen and oxygen atoms in total. The Kier molecular flexibility index (Phi) is 5.27. The maximum atomic E-state index is 6.32. The first-order chi connectivity index (χ1) is 10.4. The molecule has 1 unspecified atom stereocenters. The molecule has 1 aromatic rings. The summed E-state index contributed by atoms with van der Waals surface area (Å²) in [7, 11) is 1.70.